The summed E-state index contributed by atoms with van der Waals surface area (Å²) in [6, 6.07) is -3.21. The fourth-order valence-electron chi connectivity index (χ4n) is 3.33. The summed E-state index contributed by atoms with van der Waals surface area (Å²) in [5, 5.41) is 43.5. The molecular weight excluding hydrogens is 420 g/mol. The molecule has 2 fully saturated rings. The van der Waals surface area contributed by atoms with Crippen molar-refractivity contribution in [1.82, 2.24) is 10.6 Å². The van der Waals surface area contributed by atoms with Gasteiger partial charge in [0.05, 0.1) is 25.4 Å². The lowest BCUT2D eigenvalue weighted by Crippen LogP contribution is -2.66. The molecule has 0 aliphatic carbocycles. The Labute approximate surface area is 165 Å². The van der Waals surface area contributed by atoms with E-state index in [-0.39, 0.29) is 6.42 Å². The maximum atomic E-state index is 11.5. The second kappa shape index (κ2) is 9.59. The first-order valence-electron chi connectivity index (χ1n) is 8.59. The first kappa shape index (κ1) is 23.8. The van der Waals surface area contributed by atoms with Crippen molar-refractivity contribution in [3.8, 4) is 0 Å². The Hall–Kier alpha value is -1.43. The van der Waals surface area contributed by atoms with E-state index in [1.54, 1.807) is 0 Å². The van der Waals surface area contributed by atoms with Crippen LogP contribution in [0.25, 0.3) is 0 Å². The Morgan fingerprint density at radius 1 is 1.28 bits per heavy atom. The van der Waals surface area contributed by atoms with E-state index < -0.39 is 84.3 Å². The molecule has 0 spiro atoms. The number of aliphatic hydroxyl groups is 3. The van der Waals surface area contributed by atoms with Gasteiger partial charge in [0.15, 0.2) is 6.29 Å². The number of hydrogen-bond donors (Lipinski definition) is 7. The number of ether oxygens (including phenoxy) is 2. The predicted octanol–water partition coefficient (Wildman–Crippen LogP) is -4.05. The number of amides is 1. The van der Waals surface area contributed by atoms with Gasteiger partial charge in [-0.3, -0.25) is 19.5 Å². The number of hydrogen-bond acceptors (Lipinski definition) is 11. The van der Waals surface area contributed by atoms with E-state index in [1.807, 2.05) is 0 Å². The van der Waals surface area contributed by atoms with E-state index in [1.165, 1.54) is 0 Å². The Morgan fingerprint density at radius 3 is 2.41 bits per heavy atom. The molecule has 0 bridgehead atoms. The summed E-state index contributed by atoms with van der Waals surface area (Å²) in [5.41, 5.74) is 0. The molecule has 2 rings (SSSR count). The van der Waals surface area contributed by atoms with Crippen LogP contribution in [0.4, 0.5) is 0 Å². The maximum Gasteiger partial charge on any atom is 0.397 e. The average molecular weight is 444 g/mol. The lowest BCUT2D eigenvalue weighted by Gasteiger charge is -2.44. The molecule has 0 aromatic rings. The van der Waals surface area contributed by atoms with Gasteiger partial charge in [0.25, 0.3) is 0 Å². The molecule has 2 aliphatic heterocycles. The largest absolute Gasteiger partial charge is 0.480 e. The van der Waals surface area contributed by atoms with Gasteiger partial charge >= 0.3 is 16.4 Å². The van der Waals surface area contributed by atoms with Crippen molar-refractivity contribution in [3.05, 3.63) is 0 Å². The van der Waals surface area contributed by atoms with Crippen LogP contribution in [0.1, 0.15) is 13.3 Å². The Kier molecular flexibility index (Phi) is 7.88. The van der Waals surface area contributed by atoms with Gasteiger partial charge in [-0.1, -0.05) is 0 Å². The van der Waals surface area contributed by atoms with Crippen molar-refractivity contribution in [2.45, 2.75) is 62.2 Å². The van der Waals surface area contributed by atoms with Crippen molar-refractivity contribution in [1.29, 1.82) is 0 Å². The van der Waals surface area contributed by atoms with Crippen LogP contribution in [0.3, 0.4) is 0 Å². The van der Waals surface area contributed by atoms with Crippen molar-refractivity contribution in [2.75, 3.05) is 13.2 Å². The van der Waals surface area contributed by atoms with Gasteiger partial charge in [0, 0.05) is 13.3 Å². The van der Waals surface area contributed by atoms with Crippen molar-refractivity contribution >= 4 is 22.3 Å². The standard InChI is InChI=1S/C14H24N2O12S/c1-5(19)15-10-11(20)12(28-29(23,24)25)9(4-18)27-14(10)26-8-2-6(13(21)22)16-7(8)3-17/h6-12,14,16-18,20H,2-4H2,1H3,(H,15,19)(H,21,22)(H,23,24,25)/t6-,7+,8-,9?,10?,11?,12+,14+/m0/s1. The van der Waals surface area contributed by atoms with Crippen LogP contribution in [0.15, 0.2) is 0 Å². The molecule has 3 unspecified atom stereocenters. The molecule has 29 heavy (non-hydrogen) atoms. The molecule has 2 heterocycles. The zero-order chi connectivity index (χ0) is 21.9. The number of carbonyl (C=O) groups excluding carboxylic acids is 1. The number of carbonyl (C=O) groups is 2. The van der Waals surface area contributed by atoms with Gasteiger partial charge in [0.1, 0.15) is 30.4 Å². The third-order valence-electron chi connectivity index (χ3n) is 4.59. The number of rotatable bonds is 8. The van der Waals surface area contributed by atoms with Gasteiger partial charge in [-0.2, -0.15) is 8.42 Å². The molecule has 8 atom stereocenters. The number of aliphatic hydroxyl groups excluding tert-OH is 3. The van der Waals surface area contributed by atoms with Crippen LogP contribution in [-0.2, 0) is 33.6 Å². The molecule has 1 amide bonds. The van der Waals surface area contributed by atoms with Gasteiger partial charge in [-0.25, -0.2) is 4.18 Å². The summed E-state index contributed by atoms with van der Waals surface area (Å²) in [6.07, 6.45) is -7.48. The molecule has 0 saturated carbocycles. The number of carboxylic acid groups (broad SMARTS) is 1. The van der Waals surface area contributed by atoms with Gasteiger partial charge in [-0.15, -0.1) is 0 Å². The highest BCUT2D eigenvalue weighted by atomic mass is 32.3. The predicted molar refractivity (Wildman–Crippen MR) is 90.7 cm³/mol. The summed E-state index contributed by atoms with van der Waals surface area (Å²) in [7, 11) is -5.03. The lowest BCUT2D eigenvalue weighted by atomic mass is 9.96. The van der Waals surface area contributed by atoms with E-state index in [0.29, 0.717) is 0 Å². The summed E-state index contributed by atoms with van der Waals surface area (Å²) < 4.78 is 46.5. The van der Waals surface area contributed by atoms with Gasteiger partial charge in [0.2, 0.25) is 5.91 Å². The molecule has 0 aromatic heterocycles. The topological polar surface area (TPSA) is 221 Å². The molecule has 0 aromatic carbocycles. The molecule has 15 heteroatoms. The minimum absolute atomic E-state index is 0.0714. The molecule has 7 N–H and O–H groups in total. The van der Waals surface area contributed by atoms with E-state index in [2.05, 4.69) is 14.8 Å². The highest BCUT2D eigenvalue weighted by molar-refractivity contribution is 7.80. The summed E-state index contributed by atoms with van der Waals surface area (Å²) in [5.74, 6) is -1.82. The minimum Gasteiger partial charge on any atom is -0.480 e. The summed E-state index contributed by atoms with van der Waals surface area (Å²) in [6.45, 7) is -0.213. The Morgan fingerprint density at radius 2 is 1.93 bits per heavy atom. The summed E-state index contributed by atoms with van der Waals surface area (Å²) >= 11 is 0. The number of nitrogens with one attached hydrogen (secondary N) is 2. The maximum absolute atomic E-state index is 11.5. The third kappa shape index (κ3) is 6.03. The lowest BCUT2D eigenvalue weighted by molar-refractivity contribution is -0.279. The highest BCUT2D eigenvalue weighted by Gasteiger charge is 2.50. The Balaban J connectivity index is 2.24. The second-order valence-electron chi connectivity index (χ2n) is 6.69. The fraction of sp³-hybridized carbons (Fsp3) is 0.857. The van der Waals surface area contributed by atoms with E-state index in [4.69, 9.17) is 19.1 Å². The average Bonchev–Trinajstić information content (AvgIpc) is 3.02. The molecule has 14 nitrogen and oxygen atoms in total. The minimum atomic E-state index is -5.03. The van der Waals surface area contributed by atoms with Crippen LogP contribution < -0.4 is 10.6 Å². The van der Waals surface area contributed by atoms with Crippen molar-refractivity contribution in [2.24, 2.45) is 0 Å². The van der Waals surface area contributed by atoms with Crippen LogP contribution >= 0.6 is 0 Å². The first-order chi connectivity index (χ1) is 13.5. The Bertz CT molecular complexity index is 703. The zero-order valence-corrected chi connectivity index (χ0v) is 16.1. The van der Waals surface area contributed by atoms with E-state index in [0.717, 1.165) is 6.92 Å². The van der Waals surface area contributed by atoms with Crippen LogP contribution in [-0.4, -0.2) is 107 Å². The highest BCUT2D eigenvalue weighted by Crippen LogP contribution is 2.29. The van der Waals surface area contributed by atoms with Crippen LogP contribution in [0.5, 0.6) is 0 Å². The van der Waals surface area contributed by atoms with Crippen molar-refractivity contribution < 1.29 is 56.6 Å². The molecule has 0 radical (unpaired) electrons. The number of carboxylic acids is 1. The smallest absolute Gasteiger partial charge is 0.397 e. The molecule has 2 saturated heterocycles. The zero-order valence-electron chi connectivity index (χ0n) is 15.2. The van der Waals surface area contributed by atoms with Gasteiger partial charge in [-0.05, 0) is 0 Å². The first-order valence-corrected chi connectivity index (χ1v) is 9.95. The molecule has 2 aliphatic rings. The third-order valence-corrected chi connectivity index (χ3v) is 5.06. The second-order valence-corrected chi connectivity index (χ2v) is 7.74. The SMILES string of the molecule is CC(=O)NC1C(O)[C@H](OS(=O)(=O)O)C(CO)O[C@H]1O[C@H]1C[C@@H](C(=O)O)N[C@@H]1CO. The summed E-state index contributed by atoms with van der Waals surface area (Å²) in [4.78, 5) is 22.7. The fourth-order valence-corrected chi connectivity index (χ4v) is 3.84. The molecular formula is C14H24N2O12S. The quantitative estimate of drug-likeness (QED) is 0.177. The van der Waals surface area contributed by atoms with Crippen LogP contribution in [0.2, 0.25) is 0 Å². The normalized spacial score (nSPS) is 38.0. The monoisotopic (exact) mass is 444 g/mol. The van der Waals surface area contributed by atoms with Crippen LogP contribution in [0, 0.1) is 0 Å². The van der Waals surface area contributed by atoms with E-state index in [9.17, 15) is 33.3 Å². The molecule has 168 valence electrons. The van der Waals surface area contributed by atoms with E-state index >= 15 is 0 Å². The van der Waals surface area contributed by atoms with Gasteiger partial charge < -0.3 is 35.2 Å². The number of aliphatic carboxylic acids is 1. The van der Waals surface area contributed by atoms with Crippen molar-refractivity contribution in [3.63, 3.8) is 0 Å².